The first-order valence-corrected chi connectivity index (χ1v) is 10.7. The first kappa shape index (κ1) is 19.1. The second kappa shape index (κ2) is 7.40. The van der Waals surface area contributed by atoms with Gasteiger partial charge in [0.15, 0.2) is 0 Å². The monoisotopic (exact) mass is 401 g/mol. The molecule has 1 aliphatic carbocycles. The average Bonchev–Trinajstić information content (AvgIpc) is 3.43. The molecule has 2 heterocycles. The maximum atomic E-state index is 13.1. The fourth-order valence-electron chi connectivity index (χ4n) is 4.90. The van der Waals surface area contributed by atoms with Crippen molar-refractivity contribution < 1.29 is 9.90 Å². The molecular formula is C25H27N3O2. The number of benzene rings is 2. The molecular weight excluding hydrogens is 374 g/mol. The first-order valence-electron chi connectivity index (χ1n) is 10.7. The van der Waals surface area contributed by atoms with E-state index < -0.39 is 0 Å². The van der Waals surface area contributed by atoms with Gasteiger partial charge in [-0.1, -0.05) is 30.3 Å². The van der Waals surface area contributed by atoms with E-state index in [4.69, 9.17) is 0 Å². The van der Waals surface area contributed by atoms with Gasteiger partial charge in [-0.2, -0.15) is 5.10 Å². The molecule has 1 saturated carbocycles. The maximum Gasteiger partial charge on any atom is 0.254 e. The van der Waals surface area contributed by atoms with E-state index >= 15 is 0 Å². The van der Waals surface area contributed by atoms with Crippen molar-refractivity contribution in [2.24, 2.45) is 7.05 Å². The molecule has 1 aromatic heterocycles. The minimum absolute atomic E-state index is 0.0336. The summed E-state index contributed by atoms with van der Waals surface area (Å²) in [5.41, 5.74) is 7.78. The zero-order valence-corrected chi connectivity index (χ0v) is 17.5. The predicted molar refractivity (Wildman–Crippen MR) is 116 cm³/mol. The molecule has 2 atom stereocenters. The van der Waals surface area contributed by atoms with E-state index in [1.807, 2.05) is 29.0 Å². The Balaban J connectivity index is 1.37. The van der Waals surface area contributed by atoms with Crippen molar-refractivity contribution in [1.82, 2.24) is 14.7 Å². The smallest absolute Gasteiger partial charge is 0.254 e. The summed E-state index contributed by atoms with van der Waals surface area (Å²) in [6.07, 6.45) is 6.98. The number of aromatic nitrogens is 2. The van der Waals surface area contributed by atoms with Crippen LogP contribution in [0.1, 0.15) is 51.9 Å². The maximum absolute atomic E-state index is 13.1. The number of nitrogens with zero attached hydrogens (tertiary/aromatic N) is 3. The Labute approximate surface area is 177 Å². The number of aliphatic hydroxyl groups excluding tert-OH is 1. The number of aliphatic hydroxyl groups is 1. The van der Waals surface area contributed by atoms with Gasteiger partial charge in [-0.05, 0) is 66.5 Å². The zero-order chi connectivity index (χ0) is 20.8. The molecule has 2 aliphatic rings. The van der Waals surface area contributed by atoms with Crippen molar-refractivity contribution in [1.29, 1.82) is 0 Å². The minimum Gasteiger partial charge on any atom is -0.391 e. The lowest BCUT2D eigenvalue weighted by atomic mass is 9.95. The third-order valence-electron chi connectivity index (χ3n) is 6.62. The second-order valence-electron chi connectivity index (χ2n) is 8.71. The summed E-state index contributed by atoms with van der Waals surface area (Å²) in [5.74, 6) is 0.0733. The molecule has 0 unspecified atom stereocenters. The Morgan fingerprint density at radius 1 is 1.13 bits per heavy atom. The summed E-state index contributed by atoms with van der Waals surface area (Å²) in [6.45, 7) is 2.74. The Kier molecular flexibility index (Phi) is 4.70. The Morgan fingerprint density at radius 3 is 2.60 bits per heavy atom. The number of carbonyl (C=O) groups is 1. The van der Waals surface area contributed by atoms with Crippen LogP contribution in [0, 0.1) is 6.92 Å². The number of carbonyl (C=O) groups excluding carboxylic acids is 1. The van der Waals surface area contributed by atoms with Gasteiger partial charge in [-0.25, -0.2) is 0 Å². The van der Waals surface area contributed by atoms with E-state index in [0.717, 1.165) is 47.9 Å². The summed E-state index contributed by atoms with van der Waals surface area (Å²) >= 11 is 0. The Hall–Kier alpha value is -2.92. The molecule has 0 saturated heterocycles. The van der Waals surface area contributed by atoms with E-state index in [1.54, 1.807) is 0 Å². The third kappa shape index (κ3) is 3.33. The van der Waals surface area contributed by atoms with Crippen LogP contribution in [-0.2, 0) is 20.0 Å². The van der Waals surface area contributed by atoms with Crippen LogP contribution in [-0.4, -0.2) is 37.8 Å². The van der Waals surface area contributed by atoms with Gasteiger partial charge in [-0.15, -0.1) is 0 Å². The summed E-state index contributed by atoms with van der Waals surface area (Å²) < 4.78 is 1.81. The highest BCUT2D eigenvalue weighted by molar-refractivity contribution is 5.99. The van der Waals surface area contributed by atoms with Crippen molar-refractivity contribution in [2.45, 2.75) is 51.3 Å². The van der Waals surface area contributed by atoms with Crippen LogP contribution in [0.3, 0.4) is 0 Å². The standard InChI is InChI=1S/C25H27N3O2/c1-16-10-20-15-28(23-4-3-5-24(23)29)25(30)22(20)12-19(16)11-17-6-8-18(9-7-17)21-13-26-27(2)14-21/h6-10,12-14,23-24,29H,3-5,11,15H2,1-2H3/t23-,24-/m1/s1. The fourth-order valence-corrected chi connectivity index (χ4v) is 4.90. The van der Waals surface area contributed by atoms with Crippen LogP contribution in [0.2, 0.25) is 0 Å². The summed E-state index contributed by atoms with van der Waals surface area (Å²) in [7, 11) is 1.92. The van der Waals surface area contributed by atoms with Crippen LogP contribution in [0.15, 0.2) is 48.8 Å². The van der Waals surface area contributed by atoms with Gasteiger partial charge < -0.3 is 10.0 Å². The van der Waals surface area contributed by atoms with Crippen LogP contribution in [0.5, 0.6) is 0 Å². The molecule has 3 aromatic rings. The largest absolute Gasteiger partial charge is 0.391 e. The fraction of sp³-hybridized carbons (Fsp3) is 0.360. The molecule has 5 rings (SSSR count). The van der Waals surface area contributed by atoms with Gasteiger partial charge in [0.25, 0.3) is 5.91 Å². The molecule has 0 bridgehead atoms. The molecule has 1 amide bonds. The number of hydrogen-bond donors (Lipinski definition) is 1. The first-order chi connectivity index (χ1) is 14.5. The minimum atomic E-state index is -0.387. The van der Waals surface area contributed by atoms with Crippen molar-refractivity contribution in [3.05, 3.63) is 76.6 Å². The van der Waals surface area contributed by atoms with Gasteiger partial charge in [-0.3, -0.25) is 9.48 Å². The van der Waals surface area contributed by atoms with E-state index in [2.05, 4.69) is 48.4 Å². The summed E-state index contributed by atoms with van der Waals surface area (Å²) in [4.78, 5) is 14.9. The van der Waals surface area contributed by atoms with E-state index in [-0.39, 0.29) is 18.1 Å². The Bertz CT molecular complexity index is 1100. The highest BCUT2D eigenvalue weighted by atomic mass is 16.3. The molecule has 1 fully saturated rings. The quantitative estimate of drug-likeness (QED) is 0.722. The molecule has 154 valence electrons. The predicted octanol–water partition coefficient (Wildman–Crippen LogP) is 3.86. The molecule has 30 heavy (non-hydrogen) atoms. The SMILES string of the molecule is Cc1cc2c(cc1Cc1ccc(-c3cnn(C)c3)cc1)C(=O)N([C@@H]1CCC[C@H]1O)C2. The molecule has 0 radical (unpaired) electrons. The van der Waals surface area contributed by atoms with Gasteiger partial charge >= 0.3 is 0 Å². The van der Waals surface area contributed by atoms with Crippen LogP contribution < -0.4 is 0 Å². The van der Waals surface area contributed by atoms with Crippen LogP contribution in [0.4, 0.5) is 0 Å². The van der Waals surface area contributed by atoms with E-state index in [1.165, 1.54) is 16.7 Å². The van der Waals surface area contributed by atoms with E-state index in [9.17, 15) is 9.90 Å². The normalized spacial score (nSPS) is 20.8. The van der Waals surface area contributed by atoms with Gasteiger partial charge in [0.1, 0.15) is 0 Å². The highest BCUT2D eigenvalue weighted by Gasteiger charge is 2.38. The number of hydrogen-bond acceptors (Lipinski definition) is 3. The topological polar surface area (TPSA) is 58.4 Å². The highest BCUT2D eigenvalue weighted by Crippen LogP contribution is 2.33. The molecule has 1 aliphatic heterocycles. The van der Waals surface area contributed by atoms with Gasteiger partial charge in [0.2, 0.25) is 0 Å². The summed E-state index contributed by atoms with van der Waals surface area (Å²) in [5, 5.41) is 14.5. The van der Waals surface area contributed by atoms with Crippen molar-refractivity contribution in [3.8, 4) is 11.1 Å². The number of fused-ring (bicyclic) bond motifs is 1. The average molecular weight is 402 g/mol. The third-order valence-corrected chi connectivity index (χ3v) is 6.62. The lowest BCUT2D eigenvalue weighted by Gasteiger charge is -2.26. The lowest BCUT2D eigenvalue weighted by Crippen LogP contribution is -2.40. The zero-order valence-electron chi connectivity index (χ0n) is 17.5. The van der Waals surface area contributed by atoms with Crippen molar-refractivity contribution in [2.75, 3.05) is 0 Å². The molecule has 5 nitrogen and oxygen atoms in total. The molecule has 0 spiro atoms. The molecule has 5 heteroatoms. The number of aryl methyl sites for hydroxylation is 2. The van der Waals surface area contributed by atoms with Crippen LogP contribution >= 0.6 is 0 Å². The van der Waals surface area contributed by atoms with Crippen molar-refractivity contribution in [3.63, 3.8) is 0 Å². The molecule has 1 N–H and O–H groups in total. The second-order valence-corrected chi connectivity index (χ2v) is 8.71. The molecule has 2 aromatic carbocycles. The van der Waals surface area contributed by atoms with Gasteiger partial charge in [0.05, 0.1) is 18.3 Å². The lowest BCUT2D eigenvalue weighted by molar-refractivity contribution is 0.0479. The Morgan fingerprint density at radius 2 is 1.93 bits per heavy atom. The number of amides is 1. The summed E-state index contributed by atoms with van der Waals surface area (Å²) in [6, 6.07) is 12.8. The number of rotatable bonds is 4. The van der Waals surface area contributed by atoms with Crippen LogP contribution in [0.25, 0.3) is 11.1 Å². The van der Waals surface area contributed by atoms with Gasteiger partial charge in [0, 0.05) is 30.9 Å². The van der Waals surface area contributed by atoms with E-state index in [0.29, 0.717) is 6.54 Å². The van der Waals surface area contributed by atoms with Crippen molar-refractivity contribution >= 4 is 5.91 Å².